The van der Waals surface area contributed by atoms with Gasteiger partial charge in [-0.3, -0.25) is 0 Å². The number of aliphatic carboxylic acids is 1. The minimum absolute atomic E-state index is 0.564. The van der Waals surface area contributed by atoms with Gasteiger partial charge < -0.3 is 5.11 Å². The van der Waals surface area contributed by atoms with Gasteiger partial charge in [-0.05, 0) is 11.6 Å². The molecule has 0 aliphatic rings. The summed E-state index contributed by atoms with van der Waals surface area (Å²) < 4.78 is 0. The molecule has 1 aromatic carbocycles. The highest BCUT2D eigenvalue weighted by atomic mass is 28.3. The third-order valence-corrected chi connectivity index (χ3v) is 4.12. The van der Waals surface area contributed by atoms with E-state index in [-0.39, 0.29) is 0 Å². The van der Waals surface area contributed by atoms with E-state index >= 15 is 0 Å². The fourth-order valence-electron chi connectivity index (χ4n) is 1.31. The third-order valence-electron chi connectivity index (χ3n) is 2.15. The van der Waals surface area contributed by atoms with Crippen LogP contribution in [0.15, 0.2) is 35.5 Å². The Kier molecular flexibility index (Phi) is 3.47. The first-order chi connectivity index (χ1) is 6.91. The zero-order valence-electron chi connectivity index (χ0n) is 9.32. The molecule has 0 radical (unpaired) electrons. The Balaban J connectivity index is 3.12. The van der Waals surface area contributed by atoms with Crippen LogP contribution in [0, 0.1) is 0 Å². The number of rotatable bonds is 3. The average Bonchev–Trinajstić information content (AvgIpc) is 2.13. The van der Waals surface area contributed by atoms with Crippen LogP contribution in [0.5, 0.6) is 0 Å². The summed E-state index contributed by atoms with van der Waals surface area (Å²) in [6.07, 6.45) is 1.79. The van der Waals surface area contributed by atoms with E-state index in [1.165, 1.54) is 0 Å². The lowest BCUT2D eigenvalue weighted by molar-refractivity contribution is -0.131. The first-order valence-corrected chi connectivity index (χ1v) is 8.42. The minimum Gasteiger partial charge on any atom is -0.478 e. The Hall–Kier alpha value is -1.35. The fraction of sp³-hybridized carbons (Fsp3) is 0.250. The molecule has 0 fully saturated rings. The van der Waals surface area contributed by atoms with Crippen molar-refractivity contribution in [2.45, 2.75) is 19.6 Å². The number of hydrogen-bond acceptors (Lipinski definition) is 1. The van der Waals surface area contributed by atoms with E-state index in [2.05, 4.69) is 0 Å². The van der Waals surface area contributed by atoms with E-state index in [1.54, 1.807) is 6.08 Å². The van der Waals surface area contributed by atoms with E-state index in [4.69, 9.17) is 5.11 Å². The molecule has 0 saturated carbocycles. The lowest BCUT2D eigenvalue weighted by Gasteiger charge is -2.16. The van der Waals surface area contributed by atoms with Crippen molar-refractivity contribution in [2.75, 3.05) is 0 Å². The largest absolute Gasteiger partial charge is 0.478 e. The van der Waals surface area contributed by atoms with Gasteiger partial charge in [-0.25, -0.2) is 4.79 Å². The zero-order valence-corrected chi connectivity index (χ0v) is 10.3. The molecule has 2 nitrogen and oxygen atoms in total. The van der Waals surface area contributed by atoms with Crippen molar-refractivity contribution in [1.82, 2.24) is 0 Å². The van der Waals surface area contributed by atoms with Gasteiger partial charge >= 0.3 is 5.97 Å². The molecule has 0 aromatic heterocycles. The maximum atomic E-state index is 11.1. The van der Waals surface area contributed by atoms with Crippen LogP contribution in [0.2, 0.25) is 19.6 Å². The summed E-state index contributed by atoms with van der Waals surface area (Å²) >= 11 is 0. The Bertz CT molecular complexity index is 374. The highest BCUT2D eigenvalue weighted by Gasteiger charge is 2.25. The predicted octanol–water partition coefficient (Wildman–Crippen LogP) is 3.03. The quantitative estimate of drug-likeness (QED) is 0.628. The standard InChI is InChI=1S/C12H16O2Si/c1-15(2,3)11(12(13)14)9-10-7-5-4-6-8-10/h4-9H,1-3H3,(H,13,14). The molecule has 0 spiro atoms. The molecule has 1 rings (SSSR count). The van der Waals surface area contributed by atoms with E-state index in [9.17, 15) is 4.79 Å². The molecule has 80 valence electrons. The average molecular weight is 220 g/mol. The smallest absolute Gasteiger partial charge is 0.327 e. The van der Waals surface area contributed by atoms with Crippen molar-refractivity contribution < 1.29 is 9.90 Å². The molecule has 0 heterocycles. The van der Waals surface area contributed by atoms with Crippen molar-refractivity contribution >= 4 is 20.1 Å². The van der Waals surface area contributed by atoms with E-state index < -0.39 is 14.0 Å². The van der Waals surface area contributed by atoms with Crippen molar-refractivity contribution in [1.29, 1.82) is 0 Å². The summed E-state index contributed by atoms with van der Waals surface area (Å²) in [6.45, 7) is 6.11. The Morgan fingerprint density at radius 2 is 1.73 bits per heavy atom. The number of carboxylic acid groups (broad SMARTS) is 1. The lowest BCUT2D eigenvalue weighted by atomic mass is 10.2. The predicted molar refractivity (Wildman–Crippen MR) is 65.4 cm³/mol. The van der Waals surface area contributed by atoms with Gasteiger partial charge in [0.2, 0.25) is 0 Å². The SMILES string of the molecule is C[Si](C)(C)C(=Cc1ccccc1)C(=O)O. The second-order valence-corrected chi connectivity index (χ2v) is 9.56. The van der Waals surface area contributed by atoms with Crippen molar-refractivity contribution in [3.05, 3.63) is 41.1 Å². The summed E-state index contributed by atoms with van der Waals surface area (Å²) in [7, 11) is -1.77. The van der Waals surface area contributed by atoms with E-state index in [0.717, 1.165) is 5.56 Å². The summed E-state index contributed by atoms with van der Waals surface area (Å²) in [6, 6.07) is 9.59. The van der Waals surface area contributed by atoms with Gasteiger partial charge in [-0.1, -0.05) is 50.0 Å². The minimum atomic E-state index is -1.77. The summed E-state index contributed by atoms with van der Waals surface area (Å²) in [5.41, 5.74) is 0.956. The number of carbonyl (C=O) groups is 1. The maximum Gasteiger partial charge on any atom is 0.327 e. The monoisotopic (exact) mass is 220 g/mol. The van der Waals surface area contributed by atoms with Gasteiger partial charge in [0.25, 0.3) is 0 Å². The topological polar surface area (TPSA) is 37.3 Å². The van der Waals surface area contributed by atoms with Gasteiger partial charge in [0.05, 0.1) is 8.07 Å². The molecule has 15 heavy (non-hydrogen) atoms. The van der Waals surface area contributed by atoms with Crippen LogP contribution in [0.25, 0.3) is 6.08 Å². The van der Waals surface area contributed by atoms with Crippen molar-refractivity contribution in [2.24, 2.45) is 0 Å². The normalized spacial score (nSPS) is 12.6. The van der Waals surface area contributed by atoms with Crippen molar-refractivity contribution in [3.63, 3.8) is 0 Å². The molecule has 0 unspecified atom stereocenters. The third kappa shape index (κ3) is 3.36. The maximum absolute atomic E-state index is 11.1. The molecule has 0 bridgehead atoms. The molecule has 0 amide bonds. The number of carboxylic acids is 1. The van der Waals surface area contributed by atoms with Crippen LogP contribution in [0.4, 0.5) is 0 Å². The van der Waals surface area contributed by atoms with Crippen LogP contribution >= 0.6 is 0 Å². The van der Waals surface area contributed by atoms with Gasteiger partial charge in [0, 0.05) is 5.20 Å². The molecule has 0 saturated heterocycles. The van der Waals surface area contributed by atoms with Crippen molar-refractivity contribution in [3.8, 4) is 0 Å². The molecular weight excluding hydrogens is 204 g/mol. The van der Waals surface area contributed by atoms with Gasteiger partial charge in [-0.2, -0.15) is 0 Å². The zero-order chi connectivity index (χ0) is 11.5. The Morgan fingerprint density at radius 1 is 1.20 bits per heavy atom. The van der Waals surface area contributed by atoms with Crippen LogP contribution in [0.3, 0.4) is 0 Å². The molecular formula is C12H16O2Si. The Morgan fingerprint density at radius 3 is 2.13 bits per heavy atom. The molecule has 3 heteroatoms. The van der Waals surface area contributed by atoms with Gasteiger partial charge in [-0.15, -0.1) is 0 Å². The first-order valence-electron chi connectivity index (χ1n) is 4.92. The number of hydrogen-bond donors (Lipinski definition) is 1. The highest BCUT2D eigenvalue weighted by Crippen LogP contribution is 2.18. The molecule has 1 N–H and O–H groups in total. The first kappa shape index (κ1) is 11.7. The molecule has 1 aromatic rings. The van der Waals surface area contributed by atoms with Crippen LogP contribution in [-0.4, -0.2) is 19.1 Å². The summed E-state index contributed by atoms with van der Waals surface area (Å²) in [5, 5.41) is 9.70. The number of benzene rings is 1. The Labute approximate surface area is 91.3 Å². The summed E-state index contributed by atoms with van der Waals surface area (Å²) in [4.78, 5) is 11.1. The van der Waals surface area contributed by atoms with Crippen LogP contribution in [-0.2, 0) is 4.79 Å². The second kappa shape index (κ2) is 4.44. The molecule has 0 aliphatic heterocycles. The van der Waals surface area contributed by atoms with Crippen LogP contribution < -0.4 is 0 Å². The second-order valence-electron chi connectivity index (χ2n) is 4.52. The lowest BCUT2D eigenvalue weighted by Crippen LogP contribution is -2.29. The van der Waals surface area contributed by atoms with E-state index in [0.29, 0.717) is 5.20 Å². The van der Waals surface area contributed by atoms with Crippen LogP contribution in [0.1, 0.15) is 5.56 Å². The summed E-state index contributed by atoms with van der Waals surface area (Å²) in [5.74, 6) is -0.794. The molecule has 0 aliphatic carbocycles. The van der Waals surface area contributed by atoms with Gasteiger partial charge in [0.15, 0.2) is 0 Å². The van der Waals surface area contributed by atoms with Gasteiger partial charge in [0.1, 0.15) is 0 Å². The highest BCUT2D eigenvalue weighted by molar-refractivity contribution is 6.87. The molecule has 0 atom stereocenters. The van der Waals surface area contributed by atoms with E-state index in [1.807, 2.05) is 50.0 Å². The fourth-order valence-corrected chi connectivity index (χ4v) is 2.56.